The fourth-order valence-electron chi connectivity index (χ4n) is 3.66. The maximum absolute atomic E-state index is 12.9. The van der Waals surface area contributed by atoms with E-state index in [0.717, 1.165) is 10.0 Å². The molecule has 0 radical (unpaired) electrons. The van der Waals surface area contributed by atoms with Crippen LogP contribution in [-0.4, -0.2) is 16.7 Å². The number of rotatable bonds is 1. The van der Waals surface area contributed by atoms with Crippen molar-refractivity contribution in [3.8, 4) is 11.3 Å². The third kappa shape index (κ3) is 1.55. The number of halogens is 1. The van der Waals surface area contributed by atoms with Gasteiger partial charge in [-0.3, -0.25) is 9.59 Å². The molecule has 1 spiro atoms. The van der Waals surface area contributed by atoms with Gasteiger partial charge < -0.3 is 15.5 Å². The third-order valence-corrected chi connectivity index (χ3v) is 4.87. The number of hydrogen-bond donors (Lipinski definition) is 2. The first-order valence-electron chi connectivity index (χ1n) is 6.98. The number of benzene rings is 1. The molecule has 0 saturated heterocycles. The molecule has 2 aromatic rings. The minimum Gasteiger partial charge on any atom is -0.423 e. The second-order valence-electron chi connectivity index (χ2n) is 5.68. The van der Waals surface area contributed by atoms with E-state index in [-0.39, 0.29) is 17.7 Å². The van der Waals surface area contributed by atoms with E-state index in [2.05, 4.69) is 26.2 Å². The number of aromatic nitrogens is 1. The van der Waals surface area contributed by atoms with E-state index >= 15 is 0 Å². The van der Waals surface area contributed by atoms with Crippen molar-refractivity contribution in [2.24, 2.45) is 0 Å². The Morgan fingerprint density at radius 3 is 2.87 bits per heavy atom. The van der Waals surface area contributed by atoms with Crippen molar-refractivity contribution in [2.45, 2.75) is 19.3 Å². The molecular weight excluding hydrogens is 362 g/mol. The van der Waals surface area contributed by atoms with Crippen LogP contribution in [0.5, 0.6) is 0 Å². The second kappa shape index (κ2) is 4.32. The molecule has 1 aliphatic carbocycles. The van der Waals surface area contributed by atoms with Crippen molar-refractivity contribution in [3.63, 3.8) is 0 Å². The Morgan fingerprint density at radius 1 is 1.43 bits per heavy atom. The monoisotopic (exact) mass is 373 g/mol. The summed E-state index contributed by atoms with van der Waals surface area (Å²) >= 11 is 3.43. The van der Waals surface area contributed by atoms with Gasteiger partial charge in [0.05, 0.1) is 0 Å². The molecule has 4 rings (SSSR count). The highest BCUT2D eigenvalue weighted by molar-refractivity contribution is 9.10. The fraction of sp³-hybridized carbons (Fsp3) is 0.188. The summed E-state index contributed by atoms with van der Waals surface area (Å²) in [7, 11) is 0. The van der Waals surface area contributed by atoms with Crippen LogP contribution in [0.3, 0.4) is 0 Å². The average Bonchev–Trinajstić information content (AvgIpc) is 3.03. The summed E-state index contributed by atoms with van der Waals surface area (Å²) in [5.41, 5.74) is 7.09. The molecule has 0 fully saturated rings. The minimum absolute atomic E-state index is 0.0248. The van der Waals surface area contributed by atoms with Gasteiger partial charge in [-0.15, -0.1) is 0 Å². The predicted octanol–water partition coefficient (Wildman–Crippen LogP) is 2.28. The number of nitrogens with two attached hydrogens (primary N) is 1. The molecule has 23 heavy (non-hydrogen) atoms. The first-order valence-corrected chi connectivity index (χ1v) is 7.77. The molecule has 116 valence electrons. The molecule has 0 saturated carbocycles. The summed E-state index contributed by atoms with van der Waals surface area (Å²) in [6, 6.07) is 5.47. The van der Waals surface area contributed by atoms with E-state index in [1.807, 2.05) is 18.2 Å². The average molecular weight is 374 g/mol. The van der Waals surface area contributed by atoms with E-state index < -0.39 is 5.41 Å². The third-order valence-electron chi connectivity index (χ3n) is 4.37. The summed E-state index contributed by atoms with van der Waals surface area (Å²) < 4.78 is 6.33. The van der Waals surface area contributed by atoms with E-state index in [1.54, 1.807) is 6.92 Å². The van der Waals surface area contributed by atoms with Crippen LogP contribution in [-0.2, 0) is 15.0 Å². The molecular formula is C16H12BrN3O3. The lowest BCUT2D eigenvalue weighted by Gasteiger charge is -2.24. The number of carbonyl (C=O) groups is 2. The maximum atomic E-state index is 12.9. The molecule has 1 unspecified atom stereocenters. The molecule has 1 aromatic heterocycles. The van der Waals surface area contributed by atoms with E-state index in [1.165, 1.54) is 6.92 Å². The van der Waals surface area contributed by atoms with Crippen molar-refractivity contribution in [2.75, 3.05) is 5.73 Å². The van der Waals surface area contributed by atoms with Crippen molar-refractivity contribution in [3.05, 3.63) is 45.2 Å². The number of Topliss-reactive ketones (excluding diaryl/α,β-unsaturated/α-hetero) is 1. The molecule has 0 bridgehead atoms. The van der Waals surface area contributed by atoms with Crippen LogP contribution < -0.4 is 11.1 Å². The lowest BCUT2D eigenvalue weighted by Crippen LogP contribution is -2.40. The number of anilines is 1. The van der Waals surface area contributed by atoms with Crippen molar-refractivity contribution < 1.29 is 14.0 Å². The lowest BCUT2D eigenvalue weighted by atomic mass is 9.73. The minimum atomic E-state index is -1.30. The van der Waals surface area contributed by atoms with Gasteiger partial charge in [0.15, 0.2) is 17.0 Å². The Morgan fingerprint density at radius 2 is 2.17 bits per heavy atom. The molecule has 2 aliphatic rings. The van der Waals surface area contributed by atoms with Crippen LogP contribution in [0, 0.1) is 0 Å². The van der Waals surface area contributed by atoms with Crippen molar-refractivity contribution in [1.29, 1.82) is 0 Å². The highest BCUT2D eigenvalue weighted by atomic mass is 79.9. The van der Waals surface area contributed by atoms with Gasteiger partial charge in [-0.25, -0.2) is 0 Å². The summed E-state index contributed by atoms with van der Waals surface area (Å²) in [4.78, 5) is 29.5. The van der Waals surface area contributed by atoms with Crippen LogP contribution in [0.1, 0.15) is 25.1 Å². The molecule has 3 N–H and O–H groups in total. The fourth-order valence-corrected chi connectivity index (χ4v) is 4.02. The number of ketones is 1. The van der Waals surface area contributed by atoms with Gasteiger partial charge in [-0.05, 0) is 37.6 Å². The van der Waals surface area contributed by atoms with Crippen LogP contribution in [0.15, 0.2) is 38.4 Å². The van der Waals surface area contributed by atoms with Crippen LogP contribution in [0.4, 0.5) is 6.01 Å². The Hall–Kier alpha value is -2.41. The van der Waals surface area contributed by atoms with Crippen LogP contribution >= 0.6 is 15.9 Å². The quantitative estimate of drug-likeness (QED) is 0.798. The topological polar surface area (TPSA) is 98.2 Å². The number of nitrogens with one attached hydrogen (secondary N) is 1. The summed E-state index contributed by atoms with van der Waals surface area (Å²) in [6.07, 6.45) is 0. The molecule has 2 heterocycles. The second-order valence-corrected chi connectivity index (χ2v) is 6.60. The number of oxazole rings is 1. The van der Waals surface area contributed by atoms with Crippen molar-refractivity contribution >= 4 is 33.6 Å². The zero-order valence-corrected chi connectivity index (χ0v) is 13.9. The Balaban J connectivity index is 2.19. The smallest absolute Gasteiger partial charge is 0.292 e. The molecule has 1 atom stereocenters. The zero-order valence-electron chi connectivity index (χ0n) is 12.4. The highest BCUT2D eigenvalue weighted by Gasteiger charge is 2.60. The van der Waals surface area contributed by atoms with Gasteiger partial charge in [-0.2, -0.15) is 4.98 Å². The lowest BCUT2D eigenvalue weighted by molar-refractivity contribution is -0.124. The van der Waals surface area contributed by atoms with Crippen molar-refractivity contribution in [1.82, 2.24) is 10.3 Å². The number of allylic oxidation sites excluding steroid dienone is 1. The Bertz CT molecular complexity index is 944. The number of nitrogen functional groups attached to an aromatic ring is 1. The van der Waals surface area contributed by atoms with Crippen LogP contribution in [0.25, 0.3) is 11.3 Å². The largest absolute Gasteiger partial charge is 0.423 e. The van der Waals surface area contributed by atoms with E-state index in [9.17, 15) is 9.59 Å². The van der Waals surface area contributed by atoms with Gasteiger partial charge in [0.2, 0.25) is 5.91 Å². The van der Waals surface area contributed by atoms with Gasteiger partial charge in [-0.1, -0.05) is 15.9 Å². The summed E-state index contributed by atoms with van der Waals surface area (Å²) in [6.45, 7) is 3.16. The molecule has 1 aliphatic heterocycles. The predicted molar refractivity (Wildman–Crippen MR) is 86.4 cm³/mol. The number of nitrogens with zero attached hydrogens (tertiary/aromatic N) is 1. The van der Waals surface area contributed by atoms with Gasteiger partial charge in [0.1, 0.15) is 5.69 Å². The first-order chi connectivity index (χ1) is 10.9. The van der Waals surface area contributed by atoms with Gasteiger partial charge in [0.25, 0.3) is 6.01 Å². The summed E-state index contributed by atoms with van der Waals surface area (Å²) in [5, 5.41) is 2.77. The Kier molecular flexibility index (Phi) is 2.67. The number of hydrogen-bond acceptors (Lipinski definition) is 5. The highest BCUT2D eigenvalue weighted by Crippen LogP contribution is 2.56. The molecule has 1 amide bonds. The zero-order chi connectivity index (χ0) is 16.5. The van der Waals surface area contributed by atoms with Gasteiger partial charge >= 0.3 is 0 Å². The molecule has 7 heteroatoms. The maximum Gasteiger partial charge on any atom is 0.292 e. The van der Waals surface area contributed by atoms with E-state index in [0.29, 0.717) is 28.3 Å². The number of amides is 1. The van der Waals surface area contributed by atoms with Crippen LogP contribution in [0.2, 0.25) is 0 Å². The summed E-state index contributed by atoms with van der Waals surface area (Å²) in [5.74, 6) is -0.0682. The van der Waals surface area contributed by atoms with E-state index in [4.69, 9.17) is 10.2 Å². The molecule has 6 nitrogen and oxygen atoms in total. The number of fused-ring (bicyclic) bond motifs is 5. The SMILES string of the molecule is CC(=O)C1=C(C)NC(=O)C12c1cc(Br)ccc1-c1oc(N)nc12. The number of carbonyl (C=O) groups excluding carboxylic acids is 2. The first kappa shape index (κ1) is 14.2. The van der Waals surface area contributed by atoms with Gasteiger partial charge in [0, 0.05) is 21.3 Å². The molecule has 1 aromatic carbocycles. The standard InChI is InChI=1S/C16H12BrN3O3/c1-6-11(7(2)21)16(14(22)19-6)10-5-8(17)3-4-9(10)12-13(16)20-15(18)23-12/h3-5H,1-2H3,(H2,18,20)(H,19,22). The Labute approximate surface area is 139 Å². The normalized spacial score (nSPS) is 21.6.